The highest BCUT2D eigenvalue weighted by Gasteiger charge is 2.33. The van der Waals surface area contributed by atoms with E-state index in [0.29, 0.717) is 11.0 Å². The van der Waals surface area contributed by atoms with Crippen molar-refractivity contribution in [1.29, 1.82) is 0 Å². The Labute approximate surface area is 122 Å². The molecule has 0 radical (unpaired) electrons. The molecule has 20 heavy (non-hydrogen) atoms. The van der Waals surface area contributed by atoms with Crippen molar-refractivity contribution in [2.24, 2.45) is 11.0 Å². The Hall–Kier alpha value is -2.12. The smallest absolute Gasteiger partial charge is 0.293 e. The van der Waals surface area contributed by atoms with Gasteiger partial charge in [-0.1, -0.05) is 21.0 Å². The summed E-state index contributed by atoms with van der Waals surface area (Å²) in [7, 11) is 0. The zero-order valence-electron chi connectivity index (χ0n) is 10.3. The van der Waals surface area contributed by atoms with Gasteiger partial charge in [-0.15, -0.1) is 0 Å². The molecule has 0 N–H and O–H groups in total. The van der Waals surface area contributed by atoms with Crippen LogP contribution in [0.15, 0.2) is 27.8 Å². The number of amides is 1. The monoisotopic (exact) mass is 339 g/mol. The molecule has 0 bridgehead atoms. The van der Waals surface area contributed by atoms with E-state index in [1.54, 1.807) is 12.1 Å². The van der Waals surface area contributed by atoms with Gasteiger partial charge in [0.2, 0.25) is 5.91 Å². The minimum Gasteiger partial charge on any atom is -0.306 e. The molecule has 0 saturated carbocycles. The second-order valence-electron chi connectivity index (χ2n) is 4.38. The molecular formula is C11H10BrN5O3. The maximum atomic E-state index is 12.0. The number of anilines is 1. The zero-order chi connectivity index (χ0) is 14.7. The summed E-state index contributed by atoms with van der Waals surface area (Å²) in [5.41, 5.74) is 8.44. The van der Waals surface area contributed by atoms with Crippen molar-refractivity contribution in [3.05, 3.63) is 43.2 Å². The largest absolute Gasteiger partial charge is 0.306 e. The predicted molar refractivity (Wildman–Crippen MR) is 75.3 cm³/mol. The van der Waals surface area contributed by atoms with Crippen molar-refractivity contribution in [1.82, 2.24) is 0 Å². The first-order valence-electron chi connectivity index (χ1n) is 5.78. The number of nitrogens with zero attached hydrogens (tertiary/aromatic N) is 5. The van der Waals surface area contributed by atoms with Crippen LogP contribution in [-0.4, -0.2) is 23.9 Å². The number of azide groups is 1. The first-order chi connectivity index (χ1) is 9.52. The van der Waals surface area contributed by atoms with Gasteiger partial charge in [-0.25, -0.2) is 0 Å². The van der Waals surface area contributed by atoms with Gasteiger partial charge in [0.1, 0.15) is 5.69 Å². The molecule has 1 aliphatic heterocycles. The topological polar surface area (TPSA) is 112 Å². The molecule has 1 fully saturated rings. The van der Waals surface area contributed by atoms with Crippen LogP contribution in [0.4, 0.5) is 11.4 Å². The van der Waals surface area contributed by atoms with Crippen molar-refractivity contribution in [3.63, 3.8) is 0 Å². The number of hydrogen-bond acceptors (Lipinski definition) is 4. The Morgan fingerprint density at radius 3 is 3.00 bits per heavy atom. The van der Waals surface area contributed by atoms with E-state index in [1.807, 2.05) is 0 Å². The van der Waals surface area contributed by atoms with Crippen LogP contribution in [0, 0.1) is 16.0 Å². The second-order valence-corrected chi connectivity index (χ2v) is 5.29. The van der Waals surface area contributed by atoms with E-state index in [4.69, 9.17) is 5.53 Å². The SMILES string of the molecule is [N-]=[N+]=NCC1CC(=O)N(c2cc(Br)ccc2[N+](=O)[O-])C1. The van der Waals surface area contributed by atoms with E-state index in [-0.39, 0.29) is 36.2 Å². The molecule has 104 valence electrons. The summed E-state index contributed by atoms with van der Waals surface area (Å²) in [6.07, 6.45) is 0.225. The average Bonchev–Trinajstić information content (AvgIpc) is 2.77. The fourth-order valence-corrected chi connectivity index (χ4v) is 2.50. The third-order valence-corrected chi connectivity index (χ3v) is 3.53. The van der Waals surface area contributed by atoms with Crippen LogP contribution < -0.4 is 4.90 Å². The standard InChI is InChI=1S/C11H10BrN5O3/c12-8-1-2-9(17(19)20)10(4-8)16-6-7(3-11(16)18)5-14-15-13/h1-2,4,7H,3,5-6H2. The summed E-state index contributed by atoms with van der Waals surface area (Å²) < 4.78 is 0.657. The Morgan fingerprint density at radius 1 is 1.60 bits per heavy atom. The fraction of sp³-hybridized carbons (Fsp3) is 0.364. The molecule has 1 unspecified atom stereocenters. The van der Waals surface area contributed by atoms with Crippen molar-refractivity contribution >= 4 is 33.2 Å². The molecule has 0 spiro atoms. The van der Waals surface area contributed by atoms with Crippen LogP contribution in [0.1, 0.15) is 6.42 Å². The van der Waals surface area contributed by atoms with Gasteiger partial charge >= 0.3 is 0 Å². The summed E-state index contributed by atoms with van der Waals surface area (Å²) in [6, 6.07) is 4.46. The average molecular weight is 340 g/mol. The molecule has 9 heteroatoms. The van der Waals surface area contributed by atoms with Gasteiger partial charge in [-0.05, 0) is 23.6 Å². The Kier molecular flexibility index (Phi) is 4.21. The Morgan fingerprint density at radius 2 is 2.35 bits per heavy atom. The van der Waals surface area contributed by atoms with Crippen LogP contribution in [-0.2, 0) is 4.79 Å². The number of rotatable bonds is 4. The first-order valence-corrected chi connectivity index (χ1v) is 6.57. The summed E-state index contributed by atoms with van der Waals surface area (Å²) in [5, 5.41) is 14.5. The minimum atomic E-state index is -0.518. The van der Waals surface area contributed by atoms with Gasteiger partial charge in [0.05, 0.1) is 4.92 Å². The van der Waals surface area contributed by atoms with Crippen LogP contribution in [0.3, 0.4) is 0 Å². The van der Waals surface area contributed by atoms with Gasteiger partial charge < -0.3 is 4.90 Å². The number of hydrogen-bond donors (Lipinski definition) is 0. The van der Waals surface area contributed by atoms with Gasteiger partial charge in [-0.2, -0.15) is 0 Å². The normalized spacial score (nSPS) is 17.9. The van der Waals surface area contributed by atoms with E-state index in [9.17, 15) is 14.9 Å². The number of nitro benzene ring substituents is 1. The van der Waals surface area contributed by atoms with E-state index >= 15 is 0 Å². The van der Waals surface area contributed by atoms with Crippen molar-refractivity contribution < 1.29 is 9.72 Å². The van der Waals surface area contributed by atoms with Crippen molar-refractivity contribution in [3.8, 4) is 0 Å². The van der Waals surface area contributed by atoms with Gasteiger partial charge in [0.25, 0.3) is 5.69 Å². The number of nitro groups is 1. The lowest BCUT2D eigenvalue weighted by Gasteiger charge is -2.16. The third-order valence-electron chi connectivity index (χ3n) is 3.03. The highest BCUT2D eigenvalue weighted by Crippen LogP contribution is 2.35. The van der Waals surface area contributed by atoms with E-state index in [0.717, 1.165) is 0 Å². The fourth-order valence-electron chi connectivity index (χ4n) is 2.16. The molecular weight excluding hydrogens is 330 g/mol. The molecule has 1 aromatic rings. The van der Waals surface area contributed by atoms with Crippen LogP contribution in [0.5, 0.6) is 0 Å². The molecule has 1 atom stereocenters. The quantitative estimate of drug-likeness (QED) is 0.276. The highest BCUT2D eigenvalue weighted by atomic mass is 79.9. The molecule has 0 aliphatic carbocycles. The van der Waals surface area contributed by atoms with Crippen molar-refractivity contribution in [2.45, 2.75) is 6.42 Å². The van der Waals surface area contributed by atoms with Gasteiger partial charge in [-0.3, -0.25) is 14.9 Å². The second kappa shape index (κ2) is 5.89. The van der Waals surface area contributed by atoms with Crippen LogP contribution in [0.2, 0.25) is 0 Å². The van der Waals surface area contributed by atoms with Crippen LogP contribution >= 0.6 is 15.9 Å². The maximum Gasteiger partial charge on any atom is 0.293 e. The number of carbonyl (C=O) groups is 1. The lowest BCUT2D eigenvalue weighted by molar-refractivity contribution is -0.384. The first kappa shape index (κ1) is 14.3. The van der Waals surface area contributed by atoms with Gasteiger partial charge in [0.15, 0.2) is 0 Å². The molecule has 1 aliphatic rings. The molecule has 1 aromatic carbocycles. The van der Waals surface area contributed by atoms with E-state index in [2.05, 4.69) is 26.0 Å². The van der Waals surface area contributed by atoms with Gasteiger partial charge in [0, 0.05) is 35.0 Å². The van der Waals surface area contributed by atoms with E-state index < -0.39 is 4.92 Å². The lowest BCUT2D eigenvalue weighted by atomic mass is 10.1. The summed E-state index contributed by atoms with van der Waals surface area (Å²) >= 11 is 3.24. The lowest BCUT2D eigenvalue weighted by Crippen LogP contribution is -2.25. The van der Waals surface area contributed by atoms with Crippen molar-refractivity contribution in [2.75, 3.05) is 18.0 Å². The maximum absolute atomic E-state index is 12.0. The summed E-state index contributed by atoms with van der Waals surface area (Å²) in [6.45, 7) is 0.523. The number of benzene rings is 1. The molecule has 1 amide bonds. The predicted octanol–water partition coefficient (Wildman–Crippen LogP) is 3.02. The molecule has 2 rings (SSSR count). The highest BCUT2D eigenvalue weighted by molar-refractivity contribution is 9.10. The van der Waals surface area contributed by atoms with Crippen LogP contribution in [0.25, 0.3) is 10.4 Å². The number of halogens is 1. The molecule has 1 saturated heterocycles. The summed E-state index contributed by atoms with van der Waals surface area (Å²) in [5.74, 6) is -0.318. The molecule has 0 aromatic heterocycles. The molecule has 1 heterocycles. The minimum absolute atomic E-state index is 0.114. The Balaban J connectivity index is 2.32. The summed E-state index contributed by atoms with van der Waals surface area (Å²) in [4.78, 5) is 26.5. The molecule has 8 nitrogen and oxygen atoms in total. The Bertz CT molecular complexity index is 614. The third kappa shape index (κ3) is 2.89. The zero-order valence-corrected chi connectivity index (χ0v) is 11.9. The number of carbonyl (C=O) groups excluding carboxylic acids is 1. The van der Waals surface area contributed by atoms with E-state index in [1.165, 1.54) is 11.0 Å².